The summed E-state index contributed by atoms with van der Waals surface area (Å²) in [5, 5.41) is 16.7. The van der Waals surface area contributed by atoms with Gasteiger partial charge in [-0.1, -0.05) is 26.5 Å². The monoisotopic (exact) mass is 272 g/mol. The SMILES string of the molecule is C=C(CCCCO)C(=O)O.C=CC(=O)OCCCC. The molecule has 0 spiro atoms. The summed E-state index contributed by atoms with van der Waals surface area (Å²) in [5.74, 6) is -1.28. The van der Waals surface area contributed by atoms with E-state index in [1.807, 2.05) is 6.92 Å². The lowest BCUT2D eigenvalue weighted by molar-refractivity contribution is -0.138. The van der Waals surface area contributed by atoms with Crippen LogP contribution in [0.3, 0.4) is 0 Å². The van der Waals surface area contributed by atoms with Crippen molar-refractivity contribution in [2.75, 3.05) is 13.2 Å². The van der Waals surface area contributed by atoms with Gasteiger partial charge in [-0.3, -0.25) is 0 Å². The second kappa shape index (κ2) is 14.4. The maximum atomic E-state index is 10.3. The Balaban J connectivity index is 0. The van der Waals surface area contributed by atoms with Gasteiger partial charge >= 0.3 is 11.9 Å². The summed E-state index contributed by atoms with van der Waals surface area (Å²) in [7, 11) is 0. The number of aliphatic hydroxyl groups excluding tert-OH is 1. The molecule has 0 aliphatic heterocycles. The molecule has 0 heterocycles. The summed E-state index contributed by atoms with van der Waals surface area (Å²) in [6.45, 7) is 9.29. The van der Waals surface area contributed by atoms with E-state index in [9.17, 15) is 9.59 Å². The van der Waals surface area contributed by atoms with Crippen LogP contribution in [-0.4, -0.2) is 35.4 Å². The Bertz CT molecular complexity index is 284. The standard InChI is InChI=1S/C7H12O3.C7H12O2/c1-6(7(9)10)4-2-3-5-8;1-3-5-6-9-7(8)4-2/h8H,1-5H2,(H,9,10);4H,2-3,5-6H2,1H3. The van der Waals surface area contributed by atoms with Crippen LogP contribution in [0.25, 0.3) is 0 Å². The van der Waals surface area contributed by atoms with Crippen molar-refractivity contribution in [3.63, 3.8) is 0 Å². The summed E-state index contributed by atoms with van der Waals surface area (Å²) in [5.41, 5.74) is 0.216. The van der Waals surface area contributed by atoms with Crippen molar-refractivity contribution in [2.24, 2.45) is 0 Å². The molecule has 110 valence electrons. The van der Waals surface area contributed by atoms with Gasteiger partial charge in [0.1, 0.15) is 0 Å². The quantitative estimate of drug-likeness (QED) is 0.382. The first-order chi connectivity index (χ1) is 8.99. The zero-order valence-electron chi connectivity index (χ0n) is 11.6. The Morgan fingerprint density at radius 2 is 1.89 bits per heavy atom. The van der Waals surface area contributed by atoms with Gasteiger partial charge in [-0.25, -0.2) is 9.59 Å². The van der Waals surface area contributed by atoms with Crippen LogP contribution in [0.1, 0.15) is 39.0 Å². The molecule has 0 aromatic carbocycles. The largest absolute Gasteiger partial charge is 0.478 e. The molecule has 0 amide bonds. The molecule has 5 nitrogen and oxygen atoms in total. The second-order valence-electron chi connectivity index (χ2n) is 3.81. The number of hydrogen-bond acceptors (Lipinski definition) is 4. The van der Waals surface area contributed by atoms with Gasteiger partial charge in [0.2, 0.25) is 0 Å². The van der Waals surface area contributed by atoms with E-state index < -0.39 is 5.97 Å². The highest BCUT2D eigenvalue weighted by Crippen LogP contribution is 2.03. The molecule has 0 rings (SSSR count). The van der Waals surface area contributed by atoms with Crippen molar-refractivity contribution < 1.29 is 24.5 Å². The minimum atomic E-state index is -0.946. The molecule has 2 N–H and O–H groups in total. The minimum Gasteiger partial charge on any atom is -0.478 e. The molecular formula is C14H24O5. The predicted molar refractivity (Wildman–Crippen MR) is 73.8 cm³/mol. The first-order valence-corrected chi connectivity index (χ1v) is 6.30. The highest BCUT2D eigenvalue weighted by molar-refractivity contribution is 5.85. The summed E-state index contributed by atoms with van der Waals surface area (Å²) >= 11 is 0. The number of aliphatic hydroxyl groups is 1. The molecule has 0 bridgehead atoms. The third-order valence-corrected chi connectivity index (χ3v) is 2.10. The summed E-state index contributed by atoms with van der Waals surface area (Å²) in [6, 6.07) is 0. The smallest absolute Gasteiger partial charge is 0.330 e. The molecule has 0 fully saturated rings. The third kappa shape index (κ3) is 16.4. The molecule has 0 aliphatic carbocycles. The topological polar surface area (TPSA) is 83.8 Å². The highest BCUT2D eigenvalue weighted by Gasteiger charge is 2.01. The number of carboxylic acids is 1. The Morgan fingerprint density at radius 1 is 1.26 bits per heavy atom. The predicted octanol–water partition coefficient (Wildman–Crippen LogP) is 2.31. The van der Waals surface area contributed by atoms with E-state index in [0.717, 1.165) is 12.8 Å². The van der Waals surface area contributed by atoms with Crippen molar-refractivity contribution in [2.45, 2.75) is 39.0 Å². The molecular weight excluding hydrogens is 248 g/mol. The molecule has 0 saturated carbocycles. The van der Waals surface area contributed by atoms with Gasteiger partial charge in [-0.05, 0) is 25.7 Å². The summed E-state index contributed by atoms with van der Waals surface area (Å²) in [4.78, 5) is 20.5. The van der Waals surface area contributed by atoms with E-state index >= 15 is 0 Å². The lowest BCUT2D eigenvalue weighted by Gasteiger charge is -1.97. The number of esters is 1. The zero-order chi connectivity index (χ0) is 15.1. The molecule has 0 saturated heterocycles. The summed E-state index contributed by atoms with van der Waals surface area (Å²) < 4.78 is 4.67. The molecule has 0 aromatic rings. The Morgan fingerprint density at radius 3 is 2.32 bits per heavy atom. The van der Waals surface area contributed by atoms with Gasteiger partial charge in [-0.2, -0.15) is 0 Å². The molecule has 0 aromatic heterocycles. The normalized spacial score (nSPS) is 8.95. The fraction of sp³-hybridized carbons (Fsp3) is 0.571. The van der Waals surface area contributed by atoms with Gasteiger partial charge in [0, 0.05) is 18.3 Å². The maximum Gasteiger partial charge on any atom is 0.330 e. The molecule has 0 aliphatic rings. The van der Waals surface area contributed by atoms with Gasteiger partial charge < -0.3 is 14.9 Å². The van der Waals surface area contributed by atoms with Crippen LogP contribution in [0, 0.1) is 0 Å². The number of rotatable bonds is 9. The number of unbranched alkanes of at least 4 members (excludes halogenated alkanes) is 2. The Labute approximate surface area is 114 Å². The molecule has 0 unspecified atom stereocenters. The lowest BCUT2D eigenvalue weighted by Crippen LogP contribution is -2.00. The molecule has 0 radical (unpaired) electrons. The average Bonchev–Trinajstić information content (AvgIpc) is 2.39. The number of ether oxygens (including phenoxy) is 1. The van der Waals surface area contributed by atoms with Crippen LogP contribution in [0.4, 0.5) is 0 Å². The number of carbonyl (C=O) groups is 2. The Hall–Kier alpha value is -1.62. The zero-order valence-corrected chi connectivity index (χ0v) is 11.6. The number of aliphatic carboxylic acids is 1. The molecule has 0 atom stereocenters. The van der Waals surface area contributed by atoms with Crippen LogP contribution >= 0.6 is 0 Å². The van der Waals surface area contributed by atoms with Crippen LogP contribution < -0.4 is 0 Å². The number of hydrogen-bond donors (Lipinski definition) is 2. The summed E-state index contributed by atoms with van der Waals surface area (Å²) in [6.07, 6.45) is 4.96. The van der Waals surface area contributed by atoms with E-state index in [1.54, 1.807) is 0 Å². The Kier molecular flexibility index (Phi) is 15.0. The van der Waals surface area contributed by atoms with Gasteiger partial charge in [0.15, 0.2) is 0 Å². The molecule has 5 heteroatoms. The third-order valence-electron chi connectivity index (χ3n) is 2.10. The van der Waals surface area contributed by atoms with Gasteiger partial charge in [0.25, 0.3) is 0 Å². The average molecular weight is 272 g/mol. The van der Waals surface area contributed by atoms with Crippen LogP contribution in [0.2, 0.25) is 0 Å². The van der Waals surface area contributed by atoms with E-state index in [2.05, 4.69) is 17.9 Å². The lowest BCUT2D eigenvalue weighted by atomic mass is 10.1. The van der Waals surface area contributed by atoms with E-state index in [1.165, 1.54) is 6.08 Å². The van der Waals surface area contributed by atoms with Crippen molar-refractivity contribution in [3.8, 4) is 0 Å². The van der Waals surface area contributed by atoms with Crippen LogP contribution in [-0.2, 0) is 14.3 Å². The van der Waals surface area contributed by atoms with Crippen molar-refractivity contribution in [3.05, 3.63) is 24.8 Å². The number of carbonyl (C=O) groups excluding carboxylic acids is 1. The van der Waals surface area contributed by atoms with Gasteiger partial charge in [-0.15, -0.1) is 0 Å². The van der Waals surface area contributed by atoms with E-state index in [0.29, 0.717) is 25.9 Å². The fourth-order valence-electron chi connectivity index (χ4n) is 0.933. The van der Waals surface area contributed by atoms with Crippen molar-refractivity contribution in [1.82, 2.24) is 0 Å². The molecule has 19 heavy (non-hydrogen) atoms. The number of carboxylic acid groups (broad SMARTS) is 1. The van der Waals surface area contributed by atoms with E-state index in [-0.39, 0.29) is 18.1 Å². The minimum absolute atomic E-state index is 0.118. The van der Waals surface area contributed by atoms with Crippen LogP contribution in [0.5, 0.6) is 0 Å². The first kappa shape index (κ1) is 19.7. The second-order valence-corrected chi connectivity index (χ2v) is 3.81. The van der Waals surface area contributed by atoms with E-state index in [4.69, 9.17) is 10.2 Å². The van der Waals surface area contributed by atoms with Crippen LogP contribution in [0.15, 0.2) is 24.8 Å². The first-order valence-electron chi connectivity index (χ1n) is 6.30. The van der Waals surface area contributed by atoms with Gasteiger partial charge in [0.05, 0.1) is 6.61 Å². The van der Waals surface area contributed by atoms with Crippen molar-refractivity contribution >= 4 is 11.9 Å². The fourth-order valence-corrected chi connectivity index (χ4v) is 0.933. The maximum absolute atomic E-state index is 10.3. The highest BCUT2D eigenvalue weighted by atomic mass is 16.5. The van der Waals surface area contributed by atoms with Crippen molar-refractivity contribution in [1.29, 1.82) is 0 Å².